The van der Waals surface area contributed by atoms with Crippen LogP contribution in [0.15, 0.2) is 47.2 Å². The van der Waals surface area contributed by atoms with E-state index in [9.17, 15) is 4.79 Å². The maximum atomic E-state index is 12.2. The number of thiazole rings is 1. The molecule has 0 radical (unpaired) electrons. The predicted molar refractivity (Wildman–Crippen MR) is 101 cm³/mol. The molecule has 0 unspecified atom stereocenters. The fourth-order valence-corrected chi connectivity index (χ4v) is 4.54. The second-order valence-corrected chi connectivity index (χ2v) is 7.90. The lowest BCUT2D eigenvalue weighted by molar-refractivity contribution is -0.120. The Kier molecular flexibility index (Phi) is 4.81. The van der Waals surface area contributed by atoms with Crippen LogP contribution in [0.25, 0.3) is 9.88 Å². The third kappa shape index (κ3) is 3.91. The van der Waals surface area contributed by atoms with Gasteiger partial charge in [0.2, 0.25) is 5.91 Å². The normalized spacial score (nSPS) is 16.1. The van der Waals surface area contributed by atoms with Gasteiger partial charge in [0.25, 0.3) is 0 Å². The van der Waals surface area contributed by atoms with E-state index in [2.05, 4.69) is 16.4 Å². The van der Waals surface area contributed by atoms with Crippen molar-refractivity contribution in [3.8, 4) is 15.6 Å². The molecule has 1 aliphatic rings. The van der Waals surface area contributed by atoms with E-state index in [1.54, 1.807) is 22.7 Å². The average molecular weight is 370 g/mol. The van der Waals surface area contributed by atoms with E-state index in [1.807, 2.05) is 41.1 Å². The number of carbonyl (C=O) groups is 1. The Bertz CT molecular complexity index is 858. The molecule has 25 heavy (non-hydrogen) atoms. The van der Waals surface area contributed by atoms with E-state index in [0.717, 1.165) is 27.7 Å². The van der Waals surface area contributed by atoms with Crippen molar-refractivity contribution in [1.29, 1.82) is 0 Å². The third-order valence-electron chi connectivity index (χ3n) is 4.17. The fraction of sp³-hybridized carbons (Fsp3) is 0.263. The van der Waals surface area contributed by atoms with Crippen LogP contribution in [0.4, 0.5) is 0 Å². The number of hydrogen-bond acceptors (Lipinski definition) is 5. The third-order valence-corrected chi connectivity index (χ3v) is 6.10. The average Bonchev–Trinajstić information content (AvgIpc) is 3.31. The zero-order valence-corrected chi connectivity index (χ0v) is 15.2. The molecule has 3 aromatic rings. The molecule has 1 amide bonds. The van der Waals surface area contributed by atoms with Gasteiger partial charge in [-0.2, -0.15) is 0 Å². The van der Waals surface area contributed by atoms with Crippen molar-refractivity contribution < 1.29 is 9.53 Å². The van der Waals surface area contributed by atoms with Crippen molar-refractivity contribution in [2.75, 3.05) is 13.2 Å². The van der Waals surface area contributed by atoms with Gasteiger partial charge in [-0.25, -0.2) is 4.98 Å². The van der Waals surface area contributed by atoms with Crippen molar-refractivity contribution in [2.24, 2.45) is 5.92 Å². The SMILES string of the molecule is O=C(Cc1csc(-c2cccs2)n1)NC[C@@H]1COc2ccccc2C1. The number of ether oxygens (including phenoxy) is 1. The molecule has 128 valence electrons. The van der Waals surface area contributed by atoms with Gasteiger partial charge in [0.05, 0.1) is 23.6 Å². The van der Waals surface area contributed by atoms with Crippen molar-refractivity contribution in [1.82, 2.24) is 10.3 Å². The van der Waals surface area contributed by atoms with E-state index in [-0.39, 0.29) is 5.91 Å². The standard InChI is InChI=1S/C19H18N2O2S2/c22-18(9-15-12-25-19(21-15)17-6-3-7-24-17)20-10-13-8-14-4-1-2-5-16(14)23-11-13/h1-7,12-13H,8-11H2,(H,20,22)/t13-/m1/s1. The number of nitrogens with zero attached hydrogens (tertiary/aromatic N) is 1. The molecule has 3 heterocycles. The highest BCUT2D eigenvalue weighted by molar-refractivity contribution is 7.20. The highest BCUT2D eigenvalue weighted by Crippen LogP contribution is 2.28. The topological polar surface area (TPSA) is 51.2 Å². The molecule has 1 N–H and O–H groups in total. The smallest absolute Gasteiger partial charge is 0.226 e. The van der Waals surface area contributed by atoms with Gasteiger partial charge in [-0.1, -0.05) is 24.3 Å². The molecule has 0 saturated heterocycles. The molecule has 4 rings (SSSR count). The van der Waals surface area contributed by atoms with Crippen LogP contribution in [0, 0.1) is 5.92 Å². The van der Waals surface area contributed by atoms with Gasteiger partial charge >= 0.3 is 0 Å². The summed E-state index contributed by atoms with van der Waals surface area (Å²) in [4.78, 5) is 17.9. The maximum absolute atomic E-state index is 12.2. The Morgan fingerprint density at radius 3 is 3.04 bits per heavy atom. The summed E-state index contributed by atoms with van der Waals surface area (Å²) in [5.41, 5.74) is 2.05. The summed E-state index contributed by atoms with van der Waals surface area (Å²) in [5.74, 6) is 1.30. The molecular formula is C19H18N2O2S2. The molecule has 0 aliphatic carbocycles. The molecule has 2 aromatic heterocycles. The Balaban J connectivity index is 1.29. The molecule has 0 bridgehead atoms. The number of nitrogens with one attached hydrogen (secondary N) is 1. The van der Waals surface area contributed by atoms with Crippen LogP contribution >= 0.6 is 22.7 Å². The molecule has 0 saturated carbocycles. The van der Waals surface area contributed by atoms with Crippen molar-refractivity contribution >= 4 is 28.6 Å². The minimum atomic E-state index is 0.0156. The summed E-state index contributed by atoms with van der Waals surface area (Å²) in [5, 5.41) is 8.01. The van der Waals surface area contributed by atoms with E-state index in [1.165, 1.54) is 5.56 Å². The number of carbonyl (C=O) groups excluding carboxylic acids is 1. The fourth-order valence-electron chi connectivity index (χ4n) is 2.91. The van der Waals surface area contributed by atoms with Gasteiger partial charge < -0.3 is 10.1 Å². The number of rotatable bonds is 5. The van der Waals surface area contributed by atoms with Gasteiger partial charge in [0.15, 0.2) is 0 Å². The largest absolute Gasteiger partial charge is 0.493 e. The zero-order chi connectivity index (χ0) is 17.1. The first-order valence-electron chi connectivity index (χ1n) is 8.23. The first kappa shape index (κ1) is 16.3. The maximum Gasteiger partial charge on any atom is 0.226 e. The summed E-state index contributed by atoms with van der Waals surface area (Å²) in [7, 11) is 0. The lowest BCUT2D eigenvalue weighted by Gasteiger charge is -2.25. The van der Waals surface area contributed by atoms with Crippen LogP contribution in [-0.4, -0.2) is 24.0 Å². The number of thiophene rings is 1. The predicted octanol–water partition coefficient (Wildman–Crippen LogP) is 3.78. The highest BCUT2D eigenvalue weighted by Gasteiger charge is 2.20. The molecule has 6 heteroatoms. The van der Waals surface area contributed by atoms with Gasteiger partial charge in [0, 0.05) is 17.8 Å². The minimum absolute atomic E-state index is 0.0156. The Hall–Kier alpha value is -2.18. The van der Waals surface area contributed by atoms with Crippen LogP contribution in [0.2, 0.25) is 0 Å². The molecule has 1 atom stereocenters. The van der Waals surface area contributed by atoms with Gasteiger partial charge in [-0.3, -0.25) is 4.79 Å². The van der Waals surface area contributed by atoms with Crippen LogP contribution in [-0.2, 0) is 17.6 Å². The number of para-hydroxylation sites is 1. The van der Waals surface area contributed by atoms with E-state index < -0.39 is 0 Å². The molecule has 0 fully saturated rings. The molecule has 1 aliphatic heterocycles. The first-order valence-corrected chi connectivity index (χ1v) is 9.99. The summed E-state index contributed by atoms with van der Waals surface area (Å²) < 4.78 is 5.77. The van der Waals surface area contributed by atoms with Crippen molar-refractivity contribution in [3.63, 3.8) is 0 Å². The second-order valence-electron chi connectivity index (χ2n) is 6.09. The van der Waals surface area contributed by atoms with Crippen molar-refractivity contribution in [2.45, 2.75) is 12.8 Å². The molecule has 1 aromatic carbocycles. The quantitative estimate of drug-likeness (QED) is 0.744. The lowest BCUT2D eigenvalue weighted by Crippen LogP contribution is -2.35. The Labute approximate surface area is 154 Å². The number of benzene rings is 1. The van der Waals surface area contributed by atoms with Crippen molar-refractivity contribution in [3.05, 3.63) is 58.4 Å². The molecule has 0 spiro atoms. The van der Waals surface area contributed by atoms with Gasteiger partial charge in [-0.15, -0.1) is 22.7 Å². The lowest BCUT2D eigenvalue weighted by atomic mass is 9.97. The number of aromatic nitrogens is 1. The summed E-state index contributed by atoms with van der Waals surface area (Å²) in [6, 6.07) is 12.2. The van der Waals surface area contributed by atoms with E-state index in [4.69, 9.17) is 4.74 Å². The van der Waals surface area contributed by atoms with E-state index >= 15 is 0 Å². The van der Waals surface area contributed by atoms with Crippen LogP contribution in [0.5, 0.6) is 5.75 Å². The monoisotopic (exact) mass is 370 g/mol. The second kappa shape index (κ2) is 7.37. The summed E-state index contributed by atoms with van der Waals surface area (Å²) >= 11 is 3.25. The first-order chi connectivity index (χ1) is 12.3. The van der Waals surface area contributed by atoms with Crippen LogP contribution < -0.4 is 10.1 Å². The van der Waals surface area contributed by atoms with Crippen LogP contribution in [0.1, 0.15) is 11.3 Å². The number of fused-ring (bicyclic) bond motifs is 1. The highest BCUT2D eigenvalue weighted by atomic mass is 32.1. The van der Waals surface area contributed by atoms with Gasteiger partial charge in [0.1, 0.15) is 10.8 Å². The minimum Gasteiger partial charge on any atom is -0.493 e. The Morgan fingerprint density at radius 2 is 2.16 bits per heavy atom. The summed E-state index contributed by atoms with van der Waals surface area (Å²) in [6.45, 7) is 1.28. The van der Waals surface area contributed by atoms with Crippen LogP contribution in [0.3, 0.4) is 0 Å². The number of amides is 1. The van der Waals surface area contributed by atoms with Gasteiger partial charge in [-0.05, 0) is 29.5 Å². The Morgan fingerprint density at radius 1 is 1.24 bits per heavy atom. The molecule has 4 nitrogen and oxygen atoms in total. The zero-order valence-electron chi connectivity index (χ0n) is 13.6. The summed E-state index contributed by atoms with van der Waals surface area (Å²) in [6.07, 6.45) is 1.27. The van der Waals surface area contributed by atoms with E-state index in [0.29, 0.717) is 25.5 Å². The molecular weight excluding hydrogens is 352 g/mol. The number of hydrogen-bond donors (Lipinski definition) is 1.